The summed E-state index contributed by atoms with van der Waals surface area (Å²) < 4.78 is 1.60. The van der Waals surface area contributed by atoms with E-state index in [1.54, 1.807) is 16.9 Å². The van der Waals surface area contributed by atoms with Gasteiger partial charge in [-0.3, -0.25) is 9.59 Å². The predicted molar refractivity (Wildman–Crippen MR) is 116 cm³/mol. The Morgan fingerprint density at radius 3 is 2.48 bits per heavy atom. The number of hydrogen-bond donors (Lipinski definition) is 0. The van der Waals surface area contributed by atoms with E-state index in [2.05, 4.69) is 15.1 Å². The van der Waals surface area contributed by atoms with Crippen LogP contribution in [0.15, 0.2) is 73.1 Å². The Kier molecular flexibility index (Phi) is 3.55. The molecular weight excluding hydrogens is 390 g/mol. The molecular formula is C24H15N5O2. The minimum absolute atomic E-state index is 0.286. The summed E-state index contributed by atoms with van der Waals surface area (Å²) in [7, 11) is 0. The van der Waals surface area contributed by atoms with Gasteiger partial charge in [0.2, 0.25) is 0 Å². The number of carbonyl (C=O) groups is 2. The third kappa shape index (κ3) is 2.37. The fourth-order valence-corrected chi connectivity index (χ4v) is 4.22. The van der Waals surface area contributed by atoms with Crippen molar-refractivity contribution in [1.82, 2.24) is 19.7 Å². The first-order valence-corrected chi connectivity index (χ1v) is 9.81. The molecule has 0 radical (unpaired) electrons. The molecule has 148 valence electrons. The molecule has 5 aromatic rings. The van der Waals surface area contributed by atoms with E-state index >= 15 is 0 Å². The Labute approximate surface area is 176 Å². The highest BCUT2D eigenvalue weighted by Gasteiger charge is 2.40. The maximum absolute atomic E-state index is 13.6. The quantitative estimate of drug-likeness (QED) is 0.414. The van der Waals surface area contributed by atoms with Crippen LogP contribution in [-0.2, 0) is 0 Å². The van der Waals surface area contributed by atoms with Gasteiger partial charge in [0.25, 0.3) is 11.8 Å². The molecule has 3 aromatic heterocycles. The van der Waals surface area contributed by atoms with Crippen LogP contribution in [0, 0.1) is 6.92 Å². The van der Waals surface area contributed by atoms with Crippen LogP contribution in [0.2, 0.25) is 0 Å². The van der Waals surface area contributed by atoms with E-state index < -0.39 is 0 Å². The molecule has 1 aliphatic rings. The molecule has 1 aliphatic heterocycles. The molecule has 7 heteroatoms. The zero-order valence-electron chi connectivity index (χ0n) is 16.5. The lowest BCUT2D eigenvalue weighted by Crippen LogP contribution is -2.29. The predicted octanol–water partition coefficient (Wildman–Crippen LogP) is 4.08. The van der Waals surface area contributed by atoms with Gasteiger partial charge < -0.3 is 0 Å². The van der Waals surface area contributed by atoms with Crippen LogP contribution in [0.4, 0.5) is 5.69 Å². The number of aromatic nitrogens is 4. The van der Waals surface area contributed by atoms with E-state index in [0.29, 0.717) is 33.8 Å². The van der Waals surface area contributed by atoms with Gasteiger partial charge in [0.05, 0.1) is 27.9 Å². The largest absolute Gasteiger partial charge is 0.268 e. The number of fused-ring (bicyclic) bond motifs is 4. The van der Waals surface area contributed by atoms with Crippen molar-refractivity contribution in [3.8, 4) is 5.82 Å². The maximum Gasteiger partial charge on any atom is 0.267 e. The van der Waals surface area contributed by atoms with Gasteiger partial charge in [0, 0.05) is 17.8 Å². The molecule has 0 saturated heterocycles. The highest BCUT2D eigenvalue weighted by Crippen LogP contribution is 2.37. The Balaban J connectivity index is 1.58. The lowest BCUT2D eigenvalue weighted by atomic mass is 10.1. The second-order valence-electron chi connectivity index (χ2n) is 7.37. The summed E-state index contributed by atoms with van der Waals surface area (Å²) in [6.07, 6.45) is 3.13. The fraction of sp³-hybridized carbons (Fsp3) is 0.0417. The molecule has 0 atom stereocenters. The minimum Gasteiger partial charge on any atom is -0.268 e. The number of amides is 2. The summed E-state index contributed by atoms with van der Waals surface area (Å²) in [5.74, 6) is -0.154. The molecule has 0 spiro atoms. The average Bonchev–Trinajstić information content (AvgIpc) is 3.28. The van der Waals surface area contributed by atoms with Gasteiger partial charge in [-0.05, 0) is 30.5 Å². The Morgan fingerprint density at radius 1 is 0.839 bits per heavy atom. The number of aryl methyl sites for hydroxylation is 1. The van der Waals surface area contributed by atoms with Gasteiger partial charge in [-0.2, -0.15) is 9.78 Å². The first kappa shape index (κ1) is 17.5. The summed E-state index contributed by atoms with van der Waals surface area (Å²) in [6.45, 7) is 1.81. The number of carbonyl (C=O) groups excluding carboxylic acids is 2. The number of imide groups is 1. The van der Waals surface area contributed by atoms with Gasteiger partial charge in [0.15, 0.2) is 11.5 Å². The van der Waals surface area contributed by atoms with Crippen molar-refractivity contribution in [2.24, 2.45) is 0 Å². The Hall–Kier alpha value is -4.39. The molecule has 0 bridgehead atoms. The van der Waals surface area contributed by atoms with Gasteiger partial charge >= 0.3 is 0 Å². The van der Waals surface area contributed by atoms with Crippen LogP contribution < -0.4 is 4.90 Å². The first-order valence-electron chi connectivity index (χ1n) is 9.81. The van der Waals surface area contributed by atoms with Crippen LogP contribution >= 0.6 is 0 Å². The molecule has 0 N–H and O–H groups in total. The fourth-order valence-electron chi connectivity index (χ4n) is 4.22. The van der Waals surface area contributed by atoms with E-state index in [1.807, 2.05) is 61.5 Å². The molecule has 7 nitrogen and oxygen atoms in total. The van der Waals surface area contributed by atoms with Crippen molar-refractivity contribution in [2.45, 2.75) is 6.92 Å². The standard InChI is InChI=1S/C24H15N5O2/c1-14-20-21-17(13-26-22(20)29(27-14)19-11-4-5-12-25-19)23(30)28(24(21)31)18-10-6-8-15-7-2-3-9-16(15)18/h2-13H,1H3. The summed E-state index contributed by atoms with van der Waals surface area (Å²) in [5.41, 5.74) is 2.30. The minimum atomic E-state index is -0.379. The van der Waals surface area contributed by atoms with Crippen LogP contribution in [0.5, 0.6) is 0 Å². The molecule has 0 unspecified atom stereocenters. The van der Waals surface area contributed by atoms with Gasteiger partial charge in [-0.1, -0.05) is 42.5 Å². The summed E-state index contributed by atoms with van der Waals surface area (Å²) in [5, 5.41) is 6.92. The summed E-state index contributed by atoms with van der Waals surface area (Å²) in [4.78, 5) is 37.0. The third-order valence-electron chi connectivity index (χ3n) is 5.60. The van der Waals surface area contributed by atoms with Crippen molar-refractivity contribution in [2.75, 3.05) is 4.90 Å². The molecule has 31 heavy (non-hydrogen) atoms. The van der Waals surface area contributed by atoms with Crippen molar-refractivity contribution in [3.05, 3.63) is 89.9 Å². The van der Waals surface area contributed by atoms with Crippen molar-refractivity contribution in [3.63, 3.8) is 0 Å². The van der Waals surface area contributed by atoms with Gasteiger partial charge in [0.1, 0.15) is 0 Å². The number of anilines is 1. The lowest BCUT2D eigenvalue weighted by Gasteiger charge is -2.16. The van der Waals surface area contributed by atoms with E-state index in [-0.39, 0.29) is 17.4 Å². The molecule has 4 heterocycles. The first-order chi connectivity index (χ1) is 15.1. The van der Waals surface area contributed by atoms with Crippen molar-refractivity contribution < 1.29 is 9.59 Å². The van der Waals surface area contributed by atoms with E-state index in [9.17, 15) is 9.59 Å². The van der Waals surface area contributed by atoms with Crippen LogP contribution in [0.3, 0.4) is 0 Å². The van der Waals surface area contributed by atoms with Gasteiger partial charge in [-0.25, -0.2) is 14.9 Å². The third-order valence-corrected chi connectivity index (χ3v) is 5.60. The van der Waals surface area contributed by atoms with Crippen LogP contribution in [0.1, 0.15) is 26.4 Å². The molecule has 0 aliphatic carbocycles. The van der Waals surface area contributed by atoms with Crippen LogP contribution in [0.25, 0.3) is 27.6 Å². The monoisotopic (exact) mass is 405 g/mol. The molecule has 6 rings (SSSR count). The highest BCUT2D eigenvalue weighted by molar-refractivity contribution is 6.38. The molecule has 0 saturated carbocycles. The lowest BCUT2D eigenvalue weighted by molar-refractivity contribution is 0.0927. The molecule has 2 aromatic carbocycles. The number of pyridine rings is 2. The number of hydrogen-bond acceptors (Lipinski definition) is 5. The van der Waals surface area contributed by atoms with Crippen molar-refractivity contribution in [1.29, 1.82) is 0 Å². The Morgan fingerprint density at radius 2 is 1.65 bits per heavy atom. The van der Waals surface area contributed by atoms with E-state index in [0.717, 1.165) is 10.8 Å². The average molecular weight is 405 g/mol. The Bertz CT molecular complexity index is 1530. The second kappa shape index (κ2) is 6.30. The van der Waals surface area contributed by atoms with E-state index in [4.69, 9.17) is 0 Å². The van der Waals surface area contributed by atoms with E-state index in [1.165, 1.54) is 11.1 Å². The SMILES string of the molecule is Cc1nn(-c2ccccn2)c2ncc3c(c12)C(=O)N(c1cccc2ccccc12)C3=O. The maximum atomic E-state index is 13.6. The number of rotatable bonds is 2. The normalized spacial score (nSPS) is 13.4. The summed E-state index contributed by atoms with van der Waals surface area (Å²) in [6, 6.07) is 18.8. The summed E-state index contributed by atoms with van der Waals surface area (Å²) >= 11 is 0. The second-order valence-corrected chi connectivity index (χ2v) is 7.37. The topological polar surface area (TPSA) is 81.0 Å². The number of nitrogens with zero attached hydrogens (tertiary/aromatic N) is 5. The van der Waals surface area contributed by atoms with Crippen LogP contribution in [-0.4, -0.2) is 31.6 Å². The smallest absolute Gasteiger partial charge is 0.267 e. The zero-order chi connectivity index (χ0) is 21.1. The molecule has 2 amide bonds. The number of benzene rings is 2. The van der Waals surface area contributed by atoms with Gasteiger partial charge in [-0.15, -0.1) is 0 Å². The highest BCUT2D eigenvalue weighted by atomic mass is 16.2. The van der Waals surface area contributed by atoms with Crippen molar-refractivity contribution >= 4 is 39.3 Å². The zero-order valence-corrected chi connectivity index (χ0v) is 16.5. The molecule has 0 fully saturated rings.